The number of benzene rings is 9. The van der Waals surface area contributed by atoms with Crippen molar-refractivity contribution in [1.82, 2.24) is 9.97 Å². The predicted molar refractivity (Wildman–Crippen MR) is 261 cm³/mol. The van der Waals surface area contributed by atoms with Gasteiger partial charge in [0, 0.05) is 49.9 Å². The van der Waals surface area contributed by atoms with Crippen molar-refractivity contribution in [2.45, 2.75) is 19.3 Å². The maximum Gasteiger partial charge on any atom is 0.161 e. The summed E-state index contributed by atoms with van der Waals surface area (Å²) in [6.07, 6.45) is 0. The fraction of sp³-hybridized carbons (Fsp3) is 0.0508. The first kappa shape index (κ1) is 36.7. The molecule has 4 heteroatoms. The zero-order valence-corrected chi connectivity index (χ0v) is 35.0. The van der Waals surface area contributed by atoms with E-state index in [2.05, 4.69) is 213 Å². The first-order valence-electron chi connectivity index (χ1n) is 21.6. The summed E-state index contributed by atoms with van der Waals surface area (Å²) in [5, 5.41) is 4.39. The first-order valence-corrected chi connectivity index (χ1v) is 21.6. The quantitative estimate of drug-likeness (QED) is 0.161. The van der Waals surface area contributed by atoms with Crippen molar-refractivity contribution in [2.24, 2.45) is 0 Å². The number of hydrogen-bond donors (Lipinski definition) is 0. The Bertz CT molecular complexity index is 3530. The van der Waals surface area contributed by atoms with Gasteiger partial charge < -0.3 is 9.32 Å². The van der Waals surface area contributed by atoms with Gasteiger partial charge >= 0.3 is 0 Å². The second-order valence-corrected chi connectivity index (χ2v) is 17.0. The number of rotatable bonds is 7. The van der Waals surface area contributed by atoms with E-state index in [1.807, 2.05) is 18.2 Å². The van der Waals surface area contributed by atoms with Crippen LogP contribution in [0.15, 0.2) is 217 Å². The van der Waals surface area contributed by atoms with E-state index >= 15 is 0 Å². The average molecular weight is 808 g/mol. The van der Waals surface area contributed by atoms with Crippen LogP contribution in [0.1, 0.15) is 25.0 Å². The van der Waals surface area contributed by atoms with Gasteiger partial charge in [0.2, 0.25) is 0 Å². The predicted octanol–water partition coefficient (Wildman–Crippen LogP) is 16.0. The van der Waals surface area contributed by atoms with Crippen LogP contribution < -0.4 is 4.90 Å². The van der Waals surface area contributed by atoms with E-state index in [4.69, 9.17) is 14.4 Å². The van der Waals surface area contributed by atoms with E-state index in [-0.39, 0.29) is 5.41 Å². The van der Waals surface area contributed by atoms with Gasteiger partial charge in [-0.1, -0.05) is 159 Å². The summed E-state index contributed by atoms with van der Waals surface area (Å²) in [6.45, 7) is 4.67. The Morgan fingerprint density at radius 2 is 1.03 bits per heavy atom. The molecule has 0 fully saturated rings. The molecule has 2 aromatic heterocycles. The molecule has 0 bridgehead atoms. The topological polar surface area (TPSA) is 42.2 Å². The van der Waals surface area contributed by atoms with Crippen LogP contribution >= 0.6 is 0 Å². The molecule has 9 aromatic carbocycles. The first-order chi connectivity index (χ1) is 31.0. The molecule has 1 aliphatic carbocycles. The van der Waals surface area contributed by atoms with Gasteiger partial charge in [-0.25, -0.2) is 9.97 Å². The normalized spacial score (nSPS) is 12.7. The van der Waals surface area contributed by atoms with Crippen molar-refractivity contribution < 1.29 is 4.42 Å². The van der Waals surface area contributed by atoms with Crippen molar-refractivity contribution >= 4 is 49.8 Å². The molecular weight excluding hydrogens is 767 g/mol. The highest BCUT2D eigenvalue weighted by atomic mass is 16.3. The van der Waals surface area contributed by atoms with Gasteiger partial charge in [0.1, 0.15) is 11.2 Å². The van der Waals surface area contributed by atoms with Gasteiger partial charge in [-0.2, -0.15) is 0 Å². The molecule has 0 aliphatic heterocycles. The highest BCUT2D eigenvalue weighted by Gasteiger charge is 2.35. The molecule has 0 amide bonds. The van der Waals surface area contributed by atoms with Gasteiger partial charge in [-0.05, 0) is 111 Å². The fourth-order valence-electron chi connectivity index (χ4n) is 9.68. The summed E-state index contributed by atoms with van der Waals surface area (Å²) in [5.74, 6) is 0.645. The molecule has 2 heterocycles. The number of fused-ring (bicyclic) bond motifs is 7. The average Bonchev–Trinajstić information content (AvgIpc) is 3.83. The van der Waals surface area contributed by atoms with Crippen molar-refractivity contribution in [2.75, 3.05) is 4.90 Å². The van der Waals surface area contributed by atoms with Crippen molar-refractivity contribution in [1.29, 1.82) is 0 Å². The lowest BCUT2D eigenvalue weighted by molar-refractivity contribution is 0.660. The minimum atomic E-state index is -0.109. The Labute approximate surface area is 366 Å². The minimum Gasteiger partial charge on any atom is -0.456 e. The van der Waals surface area contributed by atoms with E-state index in [9.17, 15) is 0 Å². The summed E-state index contributed by atoms with van der Waals surface area (Å²) in [6, 6.07) is 75.4. The second-order valence-electron chi connectivity index (χ2n) is 17.0. The summed E-state index contributed by atoms with van der Waals surface area (Å²) >= 11 is 0. The summed E-state index contributed by atoms with van der Waals surface area (Å²) in [7, 11) is 0. The number of hydrogen-bond acceptors (Lipinski definition) is 4. The Balaban J connectivity index is 1.00. The molecule has 0 radical (unpaired) electrons. The van der Waals surface area contributed by atoms with Crippen LogP contribution in [0.4, 0.5) is 17.1 Å². The van der Waals surface area contributed by atoms with Crippen LogP contribution in [-0.4, -0.2) is 9.97 Å². The van der Waals surface area contributed by atoms with Crippen LogP contribution in [0.25, 0.3) is 88.9 Å². The molecule has 1 aliphatic rings. The van der Waals surface area contributed by atoms with Gasteiger partial charge in [-0.3, -0.25) is 0 Å². The van der Waals surface area contributed by atoms with Crippen LogP contribution in [0.3, 0.4) is 0 Å². The lowest BCUT2D eigenvalue weighted by Crippen LogP contribution is -2.16. The zero-order chi connectivity index (χ0) is 42.1. The van der Waals surface area contributed by atoms with Crippen molar-refractivity contribution in [3.8, 4) is 56.2 Å². The molecular formula is C59H41N3O. The number of furan rings is 1. The Morgan fingerprint density at radius 1 is 0.397 bits per heavy atom. The van der Waals surface area contributed by atoms with Crippen LogP contribution in [-0.2, 0) is 5.41 Å². The maximum atomic E-state index is 6.65. The van der Waals surface area contributed by atoms with Gasteiger partial charge in [0.15, 0.2) is 5.82 Å². The van der Waals surface area contributed by atoms with Gasteiger partial charge in [0.05, 0.1) is 11.4 Å². The highest BCUT2D eigenvalue weighted by Crippen LogP contribution is 2.51. The lowest BCUT2D eigenvalue weighted by atomic mass is 9.82. The molecule has 298 valence electrons. The Kier molecular flexibility index (Phi) is 8.48. The zero-order valence-electron chi connectivity index (χ0n) is 35.0. The third-order valence-corrected chi connectivity index (χ3v) is 12.9. The van der Waals surface area contributed by atoms with E-state index in [0.29, 0.717) is 5.82 Å². The second kappa shape index (κ2) is 14.5. The monoisotopic (exact) mass is 807 g/mol. The smallest absolute Gasteiger partial charge is 0.161 e. The van der Waals surface area contributed by atoms with Gasteiger partial charge in [0.25, 0.3) is 0 Å². The van der Waals surface area contributed by atoms with E-state index in [1.165, 1.54) is 33.0 Å². The van der Waals surface area contributed by atoms with Crippen LogP contribution in [0, 0.1) is 0 Å². The molecule has 11 aromatic rings. The third kappa shape index (κ3) is 6.22. The van der Waals surface area contributed by atoms with Crippen molar-refractivity contribution in [3.05, 3.63) is 223 Å². The molecule has 63 heavy (non-hydrogen) atoms. The number of aromatic nitrogens is 2. The molecule has 0 unspecified atom stereocenters. The third-order valence-electron chi connectivity index (χ3n) is 12.9. The molecule has 12 rings (SSSR count). The van der Waals surface area contributed by atoms with E-state index in [0.717, 1.165) is 78.2 Å². The standard InChI is InChI=1S/C59H41N3O/c1-59(2)51-23-13-11-21-47(51)48-32-31-46(36-52(48)59)62(44-19-7-4-8-20-44)45-29-27-39(28-30-45)43-34-50(57-49-22-12-14-24-55(49)63-56(57)35-43)58-60-53(40-16-5-3-6-17-40)37-54(61-58)42-26-25-38-15-9-10-18-41(38)33-42/h3-37H,1-2H3. The highest BCUT2D eigenvalue weighted by molar-refractivity contribution is 6.13. The Hall–Kier alpha value is -8.08. The molecule has 0 saturated heterocycles. The van der Waals surface area contributed by atoms with Gasteiger partial charge in [-0.15, -0.1) is 0 Å². The summed E-state index contributed by atoms with van der Waals surface area (Å²) in [4.78, 5) is 13.1. The van der Waals surface area contributed by atoms with Crippen LogP contribution in [0.5, 0.6) is 0 Å². The maximum absolute atomic E-state index is 6.65. The summed E-state index contributed by atoms with van der Waals surface area (Å²) in [5.41, 5.74) is 16.9. The molecule has 0 N–H and O–H groups in total. The summed E-state index contributed by atoms with van der Waals surface area (Å²) < 4.78 is 6.65. The molecule has 0 atom stereocenters. The van der Waals surface area contributed by atoms with Crippen LogP contribution in [0.2, 0.25) is 0 Å². The fourth-order valence-corrected chi connectivity index (χ4v) is 9.68. The van der Waals surface area contributed by atoms with E-state index in [1.54, 1.807) is 0 Å². The molecule has 0 saturated carbocycles. The minimum absolute atomic E-state index is 0.109. The number of anilines is 3. The SMILES string of the molecule is CC1(C)c2ccccc2-c2ccc(N(c3ccccc3)c3ccc(-c4cc(-c5nc(-c6ccccc6)cc(-c6ccc7ccccc7c6)n5)c5c(c4)oc4ccccc45)cc3)cc21. The largest absolute Gasteiger partial charge is 0.456 e. The molecule has 0 spiro atoms. The van der Waals surface area contributed by atoms with E-state index < -0.39 is 0 Å². The lowest BCUT2D eigenvalue weighted by Gasteiger charge is -2.28. The number of nitrogens with zero attached hydrogens (tertiary/aromatic N) is 3. The number of para-hydroxylation sites is 2. The molecule has 4 nitrogen and oxygen atoms in total. The Morgan fingerprint density at radius 3 is 1.86 bits per heavy atom. The van der Waals surface area contributed by atoms with Crippen molar-refractivity contribution in [3.63, 3.8) is 0 Å².